The molecule has 1 atom stereocenters. The van der Waals surface area contributed by atoms with Crippen molar-refractivity contribution in [3.8, 4) is 11.6 Å². The van der Waals surface area contributed by atoms with Crippen molar-refractivity contribution in [3.63, 3.8) is 0 Å². The maximum absolute atomic E-state index is 5.75. The molecule has 0 amide bonds. The van der Waals surface area contributed by atoms with Crippen LogP contribution in [0.3, 0.4) is 0 Å². The fraction of sp³-hybridized carbons (Fsp3) is 0.154. The predicted octanol–water partition coefficient (Wildman–Crippen LogP) is 3.66. The molecule has 0 fully saturated rings. The number of aromatic nitrogens is 1. The van der Waals surface area contributed by atoms with Crippen molar-refractivity contribution in [2.75, 3.05) is 0 Å². The maximum atomic E-state index is 5.75. The van der Waals surface area contributed by atoms with Gasteiger partial charge in [-0.25, -0.2) is 4.98 Å². The van der Waals surface area contributed by atoms with E-state index in [1.807, 2.05) is 43.3 Å². The molecule has 2 aromatic rings. The molecular formula is C13H13BrN2O. The molecule has 0 saturated carbocycles. The van der Waals surface area contributed by atoms with Gasteiger partial charge in [-0.3, -0.25) is 0 Å². The van der Waals surface area contributed by atoms with E-state index in [1.165, 1.54) is 0 Å². The van der Waals surface area contributed by atoms with Crippen LogP contribution < -0.4 is 10.5 Å². The molecular weight excluding hydrogens is 280 g/mol. The van der Waals surface area contributed by atoms with Crippen LogP contribution in [0.4, 0.5) is 0 Å². The Kier molecular flexibility index (Phi) is 3.76. The lowest BCUT2D eigenvalue weighted by atomic mass is 10.2. The molecule has 1 aromatic heterocycles. The SMILES string of the molecule is CC(N)c1ccc(Oc2ccc(Br)cc2)nc1. The van der Waals surface area contributed by atoms with Gasteiger partial charge in [-0.1, -0.05) is 22.0 Å². The van der Waals surface area contributed by atoms with Gasteiger partial charge in [-0.2, -0.15) is 0 Å². The lowest BCUT2D eigenvalue weighted by Gasteiger charge is -2.07. The number of hydrogen-bond donors (Lipinski definition) is 1. The Morgan fingerprint density at radius 1 is 1.18 bits per heavy atom. The number of hydrogen-bond acceptors (Lipinski definition) is 3. The number of ether oxygens (including phenoxy) is 1. The van der Waals surface area contributed by atoms with Gasteiger partial charge in [0, 0.05) is 22.8 Å². The fourth-order valence-electron chi connectivity index (χ4n) is 1.34. The first kappa shape index (κ1) is 12.1. The second-order valence-corrected chi connectivity index (χ2v) is 4.69. The van der Waals surface area contributed by atoms with E-state index in [2.05, 4.69) is 20.9 Å². The van der Waals surface area contributed by atoms with Gasteiger partial charge >= 0.3 is 0 Å². The quantitative estimate of drug-likeness (QED) is 0.939. The van der Waals surface area contributed by atoms with Gasteiger partial charge in [0.25, 0.3) is 0 Å². The van der Waals surface area contributed by atoms with Gasteiger partial charge in [0.05, 0.1) is 0 Å². The zero-order chi connectivity index (χ0) is 12.3. The van der Waals surface area contributed by atoms with E-state index in [4.69, 9.17) is 10.5 Å². The van der Waals surface area contributed by atoms with Gasteiger partial charge in [0.1, 0.15) is 5.75 Å². The largest absolute Gasteiger partial charge is 0.439 e. The molecule has 3 nitrogen and oxygen atoms in total. The first-order chi connectivity index (χ1) is 8.15. The standard InChI is InChI=1S/C13H13BrN2O/c1-9(15)10-2-7-13(16-8-10)17-12-5-3-11(14)4-6-12/h2-9H,15H2,1H3. The van der Waals surface area contributed by atoms with E-state index in [0.717, 1.165) is 15.8 Å². The minimum absolute atomic E-state index is 0.00997. The maximum Gasteiger partial charge on any atom is 0.219 e. The minimum Gasteiger partial charge on any atom is -0.439 e. The van der Waals surface area contributed by atoms with Gasteiger partial charge < -0.3 is 10.5 Å². The Bertz CT molecular complexity index is 480. The van der Waals surface area contributed by atoms with E-state index < -0.39 is 0 Å². The van der Waals surface area contributed by atoms with Crippen molar-refractivity contribution in [1.82, 2.24) is 4.98 Å². The molecule has 0 aliphatic rings. The summed E-state index contributed by atoms with van der Waals surface area (Å²) in [5.41, 5.74) is 6.74. The summed E-state index contributed by atoms with van der Waals surface area (Å²) in [6.45, 7) is 1.92. The highest BCUT2D eigenvalue weighted by atomic mass is 79.9. The number of nitrogens with two attached hydrogens (primary N) is 1. The Hall–Kier alpha value is -1.39. The van der Waals surface area contributed by atoms with E-state index in [0.29, 0.717) is 5.88 Å². The Balaban J connectivity index is 2.11. The molecule has 0 aliphatic carbocycles. The summed E-state index contributed by atoms with van der Waals surface area (Å²) in [7, 11) is 0. The van der Waals surface area contributed by atoms with Crippen molar-refractivity contribution in [2.24, 2.45) is 5.73 Å². The van der Waals surface area contributed by atoms with E-state index in [9.17, 15) is 0 Å². The fourth-order valence-corrected chi connectivity index (χ4v) is 1.61. The second kappa shape index (κ2) is 5.29. The van der Waals surface area contributed by atoms with Crippen molar-refractivity contribution in [3.05, 3.63) is 52.6 Å². The normalized spacial score (nSPS) is 12.2. The number of pyridine rings is 1. The summed E-state index contributed by atoms with van der Waals surface area (Å²) < 4.78 is 6.61. The summed E-state index contributed by atoms with van der Waals surface area (Å²) in [6.07, 6.45) is 1.73. The van der Waals surface area contributed by atoms with Crippen LogP contribution in [0.25, 0.3) is 0 Å². The van der Waals surface area contributed by atoms with Crippen molar-refractivity contribution < 1.29 is 4.74 Å². The average molecular weight is 293 g/mol. The molecule has 2 rings (SSSR count). The third kappa shape index (κ3) is 3.28. The number of halogens is 1. The van der Waals surface area contributed by atoms with Crippen LogP contribution >= 0.6 is 15.9 Å². The highest BCUT2D eigenvalue weighted by molar-refractivity contribution is 9.10. The number of benzene rings is 1. The molecule has 0 radical (unpaired) electrons. The molecule has 1 heterocycles. The van der Waals surface area contributed by atoms with Crippen LogP contribution in [-0.2, 0) is 0 Å². The summed E-state index contributed by atoms with van der Waals surface area (Å²) in [5.74, 6) is 1.32. The Morgan fingerprint density at radius 2 is 1.88 bits per heavy atom. The van der Waals surface area contributed by atoms with Crippen molar-refractivity contribution in [2.45, 2.75) is 13.0 Å². The average Bonchev–Trinajstić information content (AvgIpc) is 2.33. The summed E-state index contributed by atoms with van der Waals surface area (Å²) >= 11 is 3.37. The van der Waals surface area contributed by atoms with Crippen molar-refractivity contribution >= 4 is 15.9 Å². The lowest BCUT2D eigenvalue weighted by Crippen LogP contribution is -2.05. The zero-order valence-electron chi connectivity index (χ0n) is 9.43. The highest BCUT2D eigenvalue weighted by Gasteiger charge is 2.02. The molecule has 4 heteroatoms. The van der Waals surface area contributed by atoms with Crippen LogP contribution in [0.1, 0.15) is 18.5 Å². The second-order valence-electron chi connectivity index (χ2n) is 3.77. The monoisotopic (exact) mass is 292 g/mol. The first-order valence-corrected chi connectivity index (χ1v) is 6.09. The van der Waals surface area contributed by atoms with E-state index in [1.54, 1.807) is 6.20 Å². The van der Waals surface area contributed by atoms with Crippen LogP contribution in [0.2, 0.25) is 0 Å². The smallest absolute Gasteiger partial charge is 0.219 e. The zero-order valence-corrected chi connectivity index (χ0v) is 11.0. The van der Waals surface area contributed by atoms with Crippen LogP contribution in [0.5, 0.6) is 11.6 Å². The number of nitrogens with zero attached hydrogens (tertiary/aromatic N) is 1. The van der Waals surface area contributed by atoms with Gasteiger partial charge in [-0.05, 0) is 36.8 Å². The highest BCUT2D eigenvalue weighted by Crippen LogP contribution is 2.22. The molecule has 0 spiro atoms. The summed E-state index contributed by atoms with van der Waals surface area (Å²) in [4.78, 5) is 4.20. The van der Waals surface area contributed by atoms with E-state index >= 15 is 0 Å². The molecule has 1 unspecified atom stereocenters. The predicted molar refractivity (Wildman–Crippen MR) is 71.1 cm³/mol. The minimum atomic E-state index is -0.00997. The number of rotatable bonds is 3. The van der Waals surface area contributed by atoms with Gasteiger partial charge in [0.15, 0.2) is 0 Å². The summed E-state index contributed by atoms with van der Waals surface area (Å²) in [5, 5.41) is 0. The Labute approximate surface area is 109 Å². The van der Waals surface area contributed by atoms with E-state index in [-0.39, 0.29) is 6.04 Å². The van der Waals surface area contributed by atoms with Crippen LogP contribution in [0, 0.1) is 0 Å². The molecule has 0 aliphatic heterocycles. The van der Waals surface area contributed by atoms with Crippen molar-refractivity contribution in [1.29, 1.82) is 0 Å². The summed E-state index contributed by atoms with van der Waals surface area (Å²) in [6, 6.07) is 11.3. The molecule has 2 N–H and O–H groups in total. The van der Waals surface area contributed by atoms with Gasteiger partial charge in [0.2, 0.25) is 5.88 Å². The lowest BCUT2D eigenvalue weighted by molar-refractivity contribution is 0.462. The molecule has 0 saturated heterocycles. The van der Waals surface area contributed by atoms with Gasteiger partial charge in [-0.15, -0.1) is 0 Å². The van der Waals surface area contributed by atoms with Crippen LogP contribution in [-0.4, -0.2) is 4.98 Å². The Morgan fingerprint density at radius 3 is 2.41 bits per heavy atom. The third-order valence-electron chi connectivity index (χ3n) is 2.32. The molecule has 17 heavy (non-hydrogen) atoms. The molecule has 88 valence electrons. The van der Waals surface area contributed by atoms with Crippen LogP contribution in [0.15, 0.2) is 47.1 Å². The molecule has 1 aromatic carbocycles. The third-order valence-corrected chi connectivity index (χ3v) is 2.85. The molecule has 0 bridgehead atoms. The topological polar surface area (TPSA) is 48.1 Å². The first-order valence-electron chi connectivity index (χ1n) is 5.30.